The van der Waals surface area contributed by atoms with E-state index in [1.54, 1.807) is 6.07 Å². The van der Waals surface area contributed by atoms with Gasteiger partial charge in [0.15, 0.2) is 0 Å². The second kappa shape index (κ2) is 5.40. The minimum atomic E-state index is -0.376. The van der Waals surface area contributed by atoms with Crippen LogP contribution in [0.2, 0.25) is 0 Å². The van der Waals surface area contributed by atoms with Crippen LogP contribution in [-0.4, -0.2) is 23.0 Å². The lowest BCUT2D eigenvalue weighted by atomic mass is 10.2. The fourth-order valence-corrected chi connectivity index (χ4v) is 2.62. The van der Waals surface area contributed by atoms with Gasteiger partial charge in [-0.2, -0.15) is 0 Å². The highest BCUT2D eigenvalue weighted by atomic mass is 16.6. The minimum absolute atomic E-state index is 0.0355. The zero-order valence-corrected chi connectivity index (χ0v) is 11.7. The van der Waals surface area contributed by atoms with Crippen LogP contribution in [0, 0.1) is 10.1 Å². The van der Waals surface area contributed by atoms with Crippen molar-refractivity contribution in [2.24, 2.45) is 0 Å². The Morgan fingerprint density at radius 1 is 1.33 bits per heavy atom. The number of benzene rings is 1. The Labute approximate surface area is 122 Å². The molecule has 0 bridgehead atoms. The predicted molar refractivity (Wildman–Crippen MR) is 82.2 cm³/mol. The molecule has 2 aromatic rings. The van der Waals surface area contributed by atoms with Gasteiger partial charge in [-0.1, -0.05) is 18.2 Å². The van der Waals surface area contributed by atoms with Crippen LogP contribution in [0.15, 0.2) is 36.4 Å². The molecule has 1 N–H and O–H groups in total. The fourth-order valence-electron chi connectivity index (χ4n) is 2.62. The summed E-state index contributed by atoms with van der Waals surface area (Å²) in [5.74, 6) is 1.06. The molecule has 0 spiro atoms. The number of nitrogens with zero attached hydrogens (tertiary/aromatic N) is 3. The molecule has 108 valence electrons. The van der Waals surface area contributed by atoms with Gasteiger partial charge in [0.05, 0.1) is 4.92 Å². The SMILES string of the molecule is CCNc1ccc([N+](=O)[O-])c(N2CCc3ccccc32)n1. The molecule has 6 nitrogen and oxygen atoms in total. The number of anilines is 3. The van der Waals surface area contributed by atoms with Crippen LogP contribution < -0.4 is 10.2 Å². The second-order valence-corrected chi connectivity index (χ2v) is 4.86. The van der Waals surface area contributed by atoms with Crippen molar-refractivity contribution in [2.45, 2.75) is 13.3 Å². The maximum Gasteiger partial charge on any atom is 0.312 e. The monoisotopic (exact) mass is 284 g/mol. The molecule has 0 saturated carbocycles. The van der Waals surface area contributed by atoms with Crippen LogP contribution in [-0.2, 0) is 6.42 Å². The molecule has 1 aliphatic rings. The van der Waals surface area contributed by atoms with Crippen molar-refractivity contribution in [1.29, 1.82) is 0 Å². The topological polar surface area (TPSA) is 71.3 Å². The first-order valence-corrected chi connectivity index (χ1v) is 6.95. The molecule has 1 aromatic carbocycles. The van der Waals surface area contributed by atoms with E-state index in [1.807, 2.05) is 30.0 Å². The minimum Gasteiger partial charge on any atom is -0.370 e. The van der Waals surface area contributed by atoms with Crippen molar-refractivity contribution in [3.63, 3.8) is 0 Å². The summed E-state index contributed by atoms with van der Waals surface area (Å²) in [6, 6.07) is 11.1. The maximum atomic E-state index is 11.3. The molecule has 2 heterocycles. The standard InChI is InChI=1S/C15H16N4O2/c1-2-16-14-8-7-13(19(20)21)15(17-14)18-10-9-11-5-3-4-6-12(11)18/h3-8H,2,9-10H2,1H3,(H,16,17). The zero-order valence-electron chi connectivity index (χ0n) is 11.7. The van der Waals surface area contributed by atoms with Crippen molar-refractivity contribution in [3.8, 4) is 0 Å². The summed E-state index contributed by atoms with van der Waals surface area (Å²) in [5.41, 5.74) is 2.23. The van der Waals surface area contributed by atoms with Gasteiger partial charge in [-0.25, -0.2) is 4.98 Å². The summed E-state index contributed by atoms with van der Waals surface area (Å²) >= 11 is 0. The Balaban J connectivity index is 2.08. The van der Waals surface area contributed by atoms with E-state index >= 15 is 0 Å². The zero-order chi connectivity index (χ0) is 14.8. The van der Waals surface area contributed by atoms with Gasteiger partial charge in [0.25, 0.3) is 0 Å². The third-order valence-electron chi connectivity index (χ3n) is 3.55. The van der Waals surface area contributed by atoms with Crippen molar-refractivity contribution < 1.29 is 4.92 Å². The Morgan fingerprint density at radius 3 is 2.90 bits per heavy atom. The molecule has 0 fully saturated rings. The first-order valence-electron chi connectivity index (χ1n) is 6.95. The number of aromatic nitrogens is 1. The molecule has 1 aromatic heterocycles. The number of pyridine rings is 1. The van der Waals surface area contributed by atoms with Gasteiger partial charge in [0, 0.05) is 24.8 Å². The van der Waals surface area contributed by atoms with Gasteiger partial charge in [-0.3, -0.25) is 10.1 Å². The molecule has 1 aliphatic heterocycles. The van der Waals surface area contributed by atoms with E-state index in [9.17, 15) is 10.1 Å². The lowest BCUT2D eigenvalue weighted by Gasteiger charge is -2.19. The molecule has 6 heteroatoms. The lowest BCUT2D eigenvalue weighted by Crippen LogP contribution is -2.17. The highest BCUT2D eigenvalue weighted by molar-refractivity contribution is 5.74. The van der Waals surface area contributed by atoms with Gasteiger partial charge in [-0.05, 0) is 31.0 Å². The van der Waals surface area contributed by atoms with Crippen molar-refractivity contribution in [3.05, 3.63) is 52.1 Å². The van der Waals surface area contributed by atoms with E-state index in [0.29, 0.717) is 18.2 Å². The largest absolute Gasteiger partial charge is 0.370 e. The quantitative estimate of drug-likeness (QED) is 0.690. The van der Waals surface area contributed by atoms with Gasteiger partial charge in [0.1, 0.15) is 5.82 Å². The molecule has 21 heavy (non-hydrogen) atoms. The summed E-state index contributed by atoms with van der Waals surface area (Å²) in [5, 5.41) is 14.4. The first-order chi connectivity index (χ1) is 10.2. The number of fused-ring (bicyclic) bond motifs is 1. The average molecular weight is 284 g/mol. The summed E-state index contributed by atoms with van der Waals surface area (Å²) < 4.78 is 0. The summed E-state index contributed by atoms with van der Waals surface area (Å²) in [4.78, 5) is 17.3. The van der Waals surface area contributed by atoms with Crippen LogP contribution in [0.1, 0.15) is 12.5 Å². The molecule has 0 atom stereocenters. The van der Waals surface area contributed by atoms with Gasteiger partial charge < -0.3 is 10.2 Å². The number of hydrogen-bond donors (Lipinski definition) is 1. The van der Waals surface area contributed by atoms with Crippen LogP contribution in [0.4, 0.5) is 23.0 Å². The van der Waals surface area contributed by atoms with Crippen molar-refractivity contribution >= 4 is 23.0 Å². The molecule has 0 aliphatic carbocycles. The fraction of sp³-hybridized carbons (Fsp3) is 0.267. The first kappa shape index (κ1) is 13.4. The molecule has 0 amide bonds. The lowest BCUT2D eigenvalue weighted by molar-refractivity contribution is -0.384. The highest BCUT2D eigenvalue weighted by Gasteiger charge is 2.27. The van der Waals surface area contributed by atoms with Crippen molar-refractivity contribution in [2.75, 3.05) is 23.3 Å². The Kier molecular flexibility index (Phi) is 3.43. The van der Waals surface area contributed by atoms with E-state index in [4.69, 9.17) is 0 Å². The average Bonchev–Trinajstić information content (AvgIpc) is 2.91. The van der Waals surface area contributed by atoms with Gasteiger partial charge in [0.2, 0.25) is 5.82 Å². The summed E-state index contributed by atoms with van der Waals surface area (Å²) in [6.45, 7) is 3.40. The van der Waals surface area contributed by atoms with E-state index in [-0.39, 0.29) is 10.6 Å². The van der Waals surface area contributed by atoms with Crippen LogP contribution in [0.25, 0.3) is 0 Å². The van der Waals surface area contributed by atoms with Gasteiger partial charge in [-0.15, -0.1) is 0 Å². The molecule has 0 unspecified atom stereocenters. The predicted octanol–water partition coefficient (Wildman–Crippen LogP) is 3.12. The molecule has 3 rings (SSSR count). The van der Waals surface area contributed by atoms with Crippen LogP contribution >= 0.6 is 0 Å². The molecular formula is C15H16N4O2. The van der Waals surface area contributed by atoms with Crippen LogP contribution in [0.5, 0.6) is 0 Å². The smallest absolute Gasteiger partial charge is 0.312 e. The van der Waals surface area contributed by atoms with E-state index in [1.165, 1.54) is 11.6 Å². The third-order valence-corrected chi connectivity index (χ3v) is 3.55. The van der Waals surface area contributed by atoms with Gasteiger partial charge >= 0.3 is 5.69 Å². The molecule has 0 radical (unpaired) electrons. The molecule has 0 saturated heterocycles. The second-order valence-electron chi connectivity index (χ2n) is 4.86. The number of rotatable bonds is 4. The number of nitrogens with one attached hydrogen (secondary N) is 1. The third kappa shape index (κ3) is 2.40. The van der Waals surface area contributed by atoms with E-state index < -0.39 is 0 Å². The van der Waals surface area contributed by atoms with Crippen molar-refractivity contribution in [1.82, 2.24) is 4.98 Å². The Bertz CT molecular complexity index is 687. The summed E-state index contributed by atoms with van der Waals surface area (Å²) in [7, 11) is 0. The summed E-state index contributed by atoms with van der Waals surface area (Å²) in [6.07, 6.45) is 0.875. The maximum absolute atomic E-state index is 11.3. The highest BCUT2D eigenvalue weighted by Crippen LogP contribution is 2.38. The normalized spacial score (nSPS) is 13.1. The van der Waals surface area contributed by atoms with Crippen LogP contribution in [0.3, 0.4) is 0 Å². The molecular weight excluding hydrogens is 268 g/mol. The Hall–Kier alpha value is -2.63. The van der Waals surface area contributed by atoms with E-state index in [2.05, 4.69) is 16.4 Å². The number of nitro groups is 1. The number of hydrogen-bond acceptors (Lipinski definition) is 5. The Morgan fingerprint density at radius 2 is 2.14 bits per heavy atom. The number of para-hydroxylation sites is 1. The van der Waals surface area contributed by atoms with E-state index in [0.717, 1.165) is 18.7 Å².